The summed E-state index contributed by atoms with van der Waals surface area (Å²) in [6.07, 6.45) is 1.72. The summed E-state index contributed by atoms with van der Waals surface area (Å²) >= 11 is 1.54. The van der Waals surface area contributed by atoms with Crippen molar-refractivity contribution in [2.45, 2.75) is 38.9 Å². The number of benzene rings is 1. The molecule has 1 aromatic carbocycles. The van der Waals surface area contributed by atoms with E-state index in [-0.39, 0.29) is 10.8 Å². The number of methoxy groups -OCH3 is 1. The minimum absolute atomic E-state index is 0.0151. The van der Waals surface area contributed by atoms with Crippen LogP contribution >= 0.6 is 11.3 Å². The number of ether oxygens (including phenoxy) is 1. The van der Waals surface area contributed by atoms with Gasteiger partial charge in [0.05, 0.1) is 16.6 Å². The van der Waals surface area contributed by atoms with Gasteiger partial charge in [-0.15, -0.1) is 11.3 Å². The lowest BCUT2D eigenvalue weighted by Crippen LogP contribution is -2.49. The standard InChI is InChI=1S/C17H23NO2SSi/c1-17(2,3)22(5,6)16-18-11-14(21-16)15(19)12-8-7-9-13(10-12)20-4/h7-11H,1-6H3. The number of hydrogen-bond acceptors (Lipinski definition) is 4. The minimum atomic E-state index is -1.69. The first-order chi connectivity index (χ1) is 10.2. The van der Waals surface area contributed by atoms with Crippen molar-refractivity contribution in [3.63, 3.8) is 0 Å². The molecule has 3 nitrogen and oxygen atoms in total. The van der Waals surface area contributed by atoms with E-state index in [1.165, 1.54) is 0 Å². The Balaban J connectivity index is 2.33. The molecule has 118 valence electrons. The zero-order chi connectivity index (χ0) is 16.5. The Morgan fingerprint density at radius 2 is 1.95 bits per heavy atom. The van der Waals surface area contributed by atoms with Crippen LogP contribution in [0, 0.1) is 0 Å². The first kappa shape index (κ1) is 16.9. The van der Waals surface area contributed by atoms with Gasteiger partial charge in [0.2, 0.25) is 5.78 Å². The minimum Gasteiger partial charge on any atom is -0.497 e. The van der Waals surface area contributed by atoms with E-state index in [4.69, 9.17) is 4.74 Å². The Morgan fingerprint density at radius 1 is 1.27 bits per heavy atom. The first-order valence-corrected chi connectivity index (χ1v) is 11.1. The summed E-state index contributed by atoms with van der Waals surface area (Å²) in [7, 11) is -0.0913. The number of carbonyl (C=O) groups is 1. The Labute approximate surface area is 137 Å². The molecule has 5 heteroatoms. The zero-order valence-electron chi connectivity index (χ0n) is 14.1. The van der Waals surface area contributed by atoms with Gasteiger partial charge in [-0.1, -0.05) is 46.0 Å². The quantitative estimate of drug-likeness (QED) is 0.625. The summed E-state index contributed by atoms with van der Waals surface area (Å²) < 4.78 is 6.32. The highest BCUT2D eigenvalue weighted by Gasteiger charge is 2.39. The summed E-state index contributed by atoms with van der Waals surface area (Å²) in [5.74, 6) is 0.710. The van der Waals surface area contributed by atoms with Gasteiger partial charge >= 0.3 is 0 Å². The fourth-order valence-electron chi connectivity index (χ4n) is 1.90. The molecule has 0 aliphatic heterocycles. The van der Waals surface area contributed by atoms with Crippen LogP contribution in [0.15, 0.2) is 30.5 Å². The molecule has 0 aliphatic carbocycles. The van der Waals surface area contributed by atoms with Crippen LogP contribution in [0.1, 0.15) is 36.0 Å². The summed E-state index contributed by atoms with van der Waals surface area (Å²) in [6.45, 7) is 11.4. The predicted molar refractivity (Wildman–Crippen MR) is 95.4 cm³/mol. The number of ketones is 1. The van der Waals surface area contributed by atoms with Gasteiger partial charge in [0, 0.05) is 11.8 Å². The van der Waals surface area contributed by atoms with Gasteiger partial charge in [0.1, 0.15) is 13.8 Å². The van der Waals surface area contributed by atoms with E-state index in [1.807, 2.05) is 18.2 Å². The number of rotatable bonds is 4. The van der Waals surface area contributed by atoms with Crippen molar-refractivity contribution in [3.05, 3.63) is 40.9 Å². The predicted octanol–water partition coefficient (Wildman–Crippen LogP) is 4.10. The van der Waals surface area contributed by atoms with Gasteiger partial charge in [0.25, 0.3) is 0 Å². The highest BCUT2D eigenvalue weighted by Crippen LogP contribution is 2.36. The first-order valence-electron chi connectivity index (χ1n) is 7.32. The van der Waals surface area contributed by atoms with Crippen LogP contribution in [-0.2, 0) is 0 Å². The Hall–Kier alpha value is -1.46. The Kier molecular flexibility index (Phi) is 4.59. The van der Waals surface area contributed by atoms with Crippen LogP contribution in [-0.4, -0.2) is 26.0 Å². The van der Waals surface area contributed by atoms with Gasteiger partial charge in [-0.2, -0.15) is 0 Å². The topological polar surface area (TPSA) is 39.2 Å². The molecule has 0 saturated heterocycles. The lowest BCUT2D eigenvalue weighted by atomic mass is 10.1. The number of aromatic nitrogens is 1. The van der Waals surface area contributed by atoms with Crippen molar-refractivity contribution in [3.8, 4) is 5.75 Å². The van der Waals surface area contributed by atoms with Crippen LogP contribution in [0.25, 0.3) is 0 Å². The maximum absolute atomic E-state index is 12.6. The van der Waals surface area contributed by atoms with Crippen molar-refractivity contribution in [1.29, 1.82) is 0 Å². The van der Waals surface area contributed by atoms with E-state index < -0.39 is 8.07 Å². The molecule has 0 aliphatic rings. The molecule has 0 unspecified atom stereocenters. The number of thiazole rings is 1. The molecule has 0 saturated carbocycles. The van der Waals surface area contributed by atoms with Crippen molar-refractivity contribution in [1.82, 2.24) is 4.98 Å². The molecule has 0 atom stereocenters. The summed E-state index contributed by atoms with van der Waals surface area (Å²) in [5.41, 5.74) is 0.643. The van der Waals surface area contributed by atoms with Gasteiger partial charge in [-0.05, 0) is 17.2 Å². The normalized spacial score (nSPS) is 12.3. The van der Waals surface area contributed by atoms with Crippen LogP contribution in [0.3, 0.4) is 0 Å². The van der Waals surface area contributed by atoms with Crippen LogP contribution in [0.2, 0.25) is 18.1 Å². The SMILES string of the molecule is COc1cccc(C(=O)c2cnc([Si](C)(C)C(C)(C)C)s2)c1. The van der Waals surface area contributed by atoms with Crippen LogP contribution < -0.4 is 9.37 Å². The molecule has 0 bridgehead atoms. The third kappa shape index (κ3) is 3.15. The monoisotopic (exact) mass is 333 g/mol. The molecule has 0 fully saturated rings. The van der Waals surface area contributed by atoms with Crippen LogP contribution in [0.5, 0.6) is 5.75 Å². The molecule has 0 amide bonds. The molecule has 2 aromatic rings. The molecule has 0 N–H and O–H groups in total. The molecule has 1 heterocycles. The van der Waals surface area contributed by atoms with Crippen molar-refractivity contribution >= 4 is 29.8 Å². The second-order valence-corrected chi connectivity index (χ2v) is 13.6. The van der Waals surface area contributed by atoms with E-state index >= 15 is 0 Å². The molecule has 2 rings (SSSR count). The lowest BCUT2D eigenvalue weighted by molar-refractivity contribution is 0.104. The smallest absolute Gasteiger partial charge is 0.204 e. The molecule has 0 spiro atoms. The second kappa shape index (κ2) is 5.97. The average molecular weight is 334 g/mol. The molecule has 0 radical (unpaired) electrons. The highest BCUT2D eigenvalue weighted by molar-refractivity contribution is 7.27. The fourth-order valence-corrected chi connectivity index (χ4v) is 5.82. The summed E-state index contributed by atoms with van der Waals surface area (Å²) in [6, 6.07) is 7.26. The van der Waals surface area contributed by atoms with Gasteiger partial charge in [0.15, 0.2) is 0 Å². The number of hydrogen-bond donors (Lipinski definition) is 0. The second-order valence-electron chi connectivity index (χ2n) is 6.97. The van der Waals surface area contributed by atoms with Crippen LogP contribution in [0.4, 0.5) is 0 Å². The van der Waals surface area contributed by atoms with E-state index in [0.29, 0.717) is 16.2 Å². The third-order valence-electron chi connectivity index (χ3n) is 4.47. The molecule has 1 aromatic heterocycles. The van der Waals surface area contributed by atoms with E-state index in [2.05, 4.69) is 38.8 Å². The van der Waals surface area contributed by atoms with E-state index in [1.54, 1.807) is 30.7 Å². The Bertz CT molecular complexity index is 686. The van der Waals surface area contributed by atoms with Crippen molar-refractivity contribution in [2.24, 2.45) is 0 Å². The number of carbonyl (C=O) groups excluding carboxylic acids is 1. The summed E-state index contributed by atoms with van der Waals surface area (Å²) in [5, 5.41) is 0.209. The lowest BCUT2D eigenvalue weighted by Gasteiger charge is -2.34. The van der Waals surface area contributed by atoms with Gasteiger partial charge in [-0.25, -0.2) is 0 Å². The summed E-state index contributed by atoms with van der Waals surface area (Å²) in [4.78, 5) is 17.9. The van der Waals surface area contributed by atoms with Gasteiger partial charge in [-0.3, -0.25) is 9.78 Å². The molecule has 22 heavy (non-hydrogen) atoms. The highest BCUT2D eigenvalue weighted by atomic mass is 32.1. The van der Waals surface area contributed by atoms with Crippen molar-refractivity contribution in [2.75, 3.05) is 7.11 Å². The maximum Gasteiger partial charge on any atom is 0.204 e. The van der Waals surface area contributed by atoms with Crippen molar-refractivity contribution < 1.29 is 9.53 Å². The van der Waals surface area contributed by atoms with E-state index in [9.17, 15) is 4.79 Å². The fraction of sp³-hybridized carbons (Fsp3) is 0.412. The molecular formula is C17H23NO2SSi. The largest absolute Gasteiger partial charge is 0.497 e. The average Bonchev–Trinajstić information content (AvgIpc) is 2.95. The zero-order valence-corrected chi connectivity index (χ0v) is 15.9. The third-order valence-corrected chi connectivity index (χ3v) is 12.1. The van der Waals surface area contributed by atoms with E-state index in [0.717, 1.165) is 4.63 Å². The van der Waals surface area contributed by atoms with Gasteiger partial charge < -0.3 is 4.74 Å². The Morgan fingerprint density at radius 3 is 2.55 bits per heavy atom. The molecular weight excluding hydrogens is 310 g/mol. The maximum atomic E-state index is 12.6. The number of nitrogens with zero attached hydrogens (tertiary/aromatic N) is 1.